The number of rotatable bonds is 9. The van der Waals surface area contributed by atoms with E-state index in [9.17, 15) is 20.0 Å². The van der Waals surface area contributed by atoms with Gasteiger partial charge in [0.1, 0.15) is 5.75 Å². The van der Waals surface area contributed by atoms with Crippen molar-refractivity contribution in [2.45, 2.75) is 38.6 Å². The standard InChI is InChI=1S/C34H30N2O6/c37-34(38)42-33-22-30-29(28-12-4-3-10-26(28)24-16-18-25(19-17-24)36(39)40)13-6-14-31(30)35(33)20-7-21-41-32-15-5-9-23-8-1-2-11-27(23)32/h1-2,5-6,8-9,11,13-19,22H,3-4,7,10,12,20-21H2,(H,37,38). The Bertz CT molecular complexity index is 1810. The van der Waals surface area contributed by atoms with Gasteiger partial charge in [-0.2, -0.15) is 0 Å². The predicted molar refractivity (Wildman–Crippen MR) is 163 cm³/mol. The van der Waals surface area contributed by atoms with Gasteiger partial charge in [-0.1, -0.05) is 48.5 Å². The molecular weight excluding hydrogens is 532 g/mol. The second-order valence-corrected chi connectivity index (χ2v) is 10.4. The maximum absolute atomic E-state index is 11.6. The molecule has 0 amide bonds. The van der Waals surface area contributed by atoms with Crippen LogP contribution in [0.4, 0.5) is 10.5 Å². The Labute approximate surface area is 242 Å². The monoisotopic (exact) mass is 562 g/mol. The van der Waals surface area contributed by atoms with E-state index in [2.05, 4.69) is 18.2 Å². The van der Waals surface area contributed by atoms with E-state index in [0.717, 1.165) is 64.2 Å². The van der Waals surface area contributed by atoms with E-state index >= 15 is 0 Å². The van der Waals surface area contributed by atoms with Crippen LogP contribution in [0.3, 0.4) is 0 Å². The summed E-state index contributed by atoms with van der Waals surface area (Å²) >= 11 is 0. The molecule has 1 aliphatic rings. The van der Waals surface area contributed by atoms with Crippen LogP contribution in [-0.2, 0) is 6.54 Å². The third-order valence-electron chi connectivity index (χ3n) is 7.85. The Kier molecular flexibility index (Phi) is 7.60. The molecule has 4 aromatic carbocycles. The minimum absolute atomic E-state index is 0.0655. The SMILES string of the molecule is O=C(O)Oc1cc2c(C3=C(c4ccc([N+](=O)[O-])cc4)CCCC3)cccc2n1CCCOc1cccc2ccccc12. The molecule has 5 aromatic rings. The number of nitrogens with zero attached hydrogens (tertiary/aromatic N) is 2. The number of aromatic nitrogens is 1. The highest BCUT2D eigenvalue weighted by Crippen LogP contribution is 2.42. The first-order valence-electron chi connectivity index (χ1n) is 14.1. The first-order valence-corrected chi connectivity index (χ1v) is 14.1. The fourth-order valence-electron chi connectivity index (χ4n) is 5.96. The molecule has 0 saturated carbocycles. The lowest BCUT2D eigenvalue weighted by molar-refractivity contribution is -0.384. The van der Waals surface area contributed by atoms with Crippen molar-refractivity contribution in [2.75, 3.05) is 6.61 Å². The molecule has 212 valence electrons. The molecule has 0 bridgehead atoms. The summed E-state index contributed by atoms with van der Waals surface area (Å²) in [5.74, 6) is 1.08. The molecule has 0 aliphatic heterocycles. The summed E-state index contributed by atoms with van der Waals surface area (Å²) in [5.41, 5.74) is 5.30. The molecule has 0 spiro atoms. The van der Waals surface area contributed by atoms with Crippen LogP contribution in [0.1, 0.15) is 43.2 Å². The van der Waals surface area contributed by atoms with Crippen LogP contribution in [0.2, 0.25) is 0 Å². The van der Waals surface area contributed by atoms with Crippen LogP contribution < -0.4 is 9.47 Å². The van der Waals surface area contributed by atoms with Crippen molar-refractivity contribution in [3.05, 3.63) is 112 Å². The number of carboxylic acid groups (broad SMARTS) is 1. The summed E-state index contributed by atoms with van der Waals surface area (Å²) in [6.07, 6.45) is 3.09. The Morgan fingerprint density at radius 3 is 2.40 bits per heavy atom. The molecule has 0 fully saturated rings. The summed E-state index contributed by atoms with van der Waals surface area (Å²) in [6.45, 7) is 0.962. The van der Waals surface area contributed by atoms with Crippen molar-refractivity contribution in [3.63, 3.8) is 0 Å². The van der Waals surface area contributed by atoms with E-state index in [-0.39, 0.29) is 16.5 Å². The molecule has 0 atom stereocenters. The predicted octanol–water partition coefficient (Wildman–Crippen LogP) is 8.71. The Morgan fingerprint density at radius 1 is 0.881 bits per heavy atom. The Morgan fingerprint density at radius 2 is 1.62 bits per heavy atom. The summed E-state index contributed by atoms with van der Waals surface area (Å²) in [5, 5.41) is 23.8. The zero-order valence-electron chi connectivity index (χ0n) is 23.0. The van der Waals surface area contributed by atoms with E-state index in [1.807, 2.05) is 59.2 Å². The van der Waals surface area contributed by atoms with Crippen LogP contribution in [-0.4, -0.2) is 27.4 Å². The number of nitro benzene ring substituents is 1. The van der Waals surface area contributed by atoms with Crippen molar-refractivity contribution in [3.8, 4) is 11.6 Å². The van der Waals surface area contributed by atoms with E-state index < -0.39 is 6.16 Å². The Hall–Kier alpha value is -5.11. The number of fused-ring (bicyclic) bond motifs is 2. The quantitative estimate of drug-likeness (QED) is 0.0834. The van der Waals surface area contributed by atoms with Crippen molar-refractivity contribution in [2.24, 2.45) is 0 Å². The maximum Gasteiger partial charge on any atom is 0.512 e. The van der Waals surface area contributed by atoms with E-state index in [1.165, 1.54) is 11.1 Å². The average Bonchev–Trinajstić information content (AvgIpc) is 3.35. The van der Waals surface area contributed by atoms with Crippen LogP contribution in [0.25, 0.3) is 32.8 Å². The van der Waals surface area contributed by atoms with Crippen LogP contribution in [0.5, 0.6) is 11.6 Å². The van der Waals surface area contributed by atoms with E-state index in [4.69, 9.17) is 9.47 Å². The van der Waals surface area contributed by atoms with E-state index in [0.29, 0.717) is 19.6 Å². The largest absolute Gasteiger partial charge is 0.512 e. The number of non-ortho nitro benzene ring substituents is 1. The lowest BCUT2D eigenvalue weighted by atomic mass is 9.83. The molecule has 0 unspecified atom stereocenters. The molecular formula is C34H30N2O6. The number of aryl methyl sites for hydroxylation is 1. The van der Waals surface area contributed by atoms with E-state index in [1.54, 1.807) is 18.2 Å². The van der Waals surface area contributed by atoms with Crippen molar-refractivity contribution in [1.82, 2.24) is 4.57 Å². The van der Waals surface area contributed by atoms with Gasteiger partial charge in [0.25, 0.3) is 5.69 Å². The number of hydrogen-bond donors (Lipinski definition) is 1. The van der Waals surface area contributed by atoms with Crippen LogP contribution in [0.15, 0.2) is 91.0 Å². The van der Waals surface area contributed by atoms with Gasteiger partial charge in [-0.15, -0.1) is 0 Å². The fraction of sp³-hybridized carbons (Fsp3) is 0.206. The molecule has 8 heteroatoms. The number of benzene rings is 4. The van der Waals surface area contributed by atoms with Crippen molar-refractivity contribution >= 4 is 44.7 Å². The number of ether oxygens (including phenoxy) is 2. The lowest BCUT2D eigenvalue weighted by Crippen LogP contribution is -2.10. The first kappa shape index (κ1) is 27.1. The van der Waals surface area contributed by atoms with Crippen molar-refractivity contribution in [1.29, 1.82) is 0 Å². The number of allylic oxidation sites excluding steroid dienone is 2. The molecule has 0 saturated heterocycles. The Balaban J connectivity index is 1.32. The molecule has 0 radical (unpaired) electrons. The zero-order valence-corrected chi connectivity index (χ0v) is 23.0. The van der Waals surface area contributed by atoms with Gasteiger partial charge in [0, 0.05) is 35.5 Å². The summed E-state index contributed by atoms with van der Waals surface area (Å²) < 4.78 is 13.3. The maximum atomic E-state index is 11.6. The van der Waals surface area contributed by atoms with Gasteiger partial charge in [0.2, 0.25) is 5.88 Å². The summed E-state index contributed by atoms with van der Waals surface area (Å²) in [7, 11) is 0. The molecule has 1 N–H and O–H groups in total. The van der Waals surface area contributed by atoms with Gasteiger partial charge in [0.05, 0.1) is 17.0 Å². The number of hydrogen-bond acceptors (Lipinski definition) is 5. The van der Waals surface area contributed by atoms with Crippen LogP contribution in [0, 0.1) is 10.1 Å². The molecule has 8 nitrogen and oxygen atoms in total. The average molecular weight is 563 g/mol. The smallest absolute Gasteiger partial charge is 0.493 e. The summed E-state index contributed by atoms with van der Waals surface area (Å²) in [4.78, 5) is 22.4. The second kappa shape index (κ2) is 11.8. The number of nitro groups is 1. The van der Waals surface area contributed by atoms with Gasteiger partial charge in [-0.05, 0) is 84.0 Å². The highest BCUT2D eigenvalue weighted by Gasteiger charge is 2.21. The van der Waals surface area contributed by atoms with Crippen LogP contribution >= 0.6 is 0 Å². The number of carbonyl (C=O) groups is 1. The highest BCUT2D eigenvalue weighted by molar-refractivity contribution is 6.02. The third kappa shape index (κ3) is 5.43. The topological polar surface area (TPSA) is 104 Å². The minimum Gasteiger partial charge on any atom is -0.493 e. The molecule has 1 aromatic heterocycles. The van der Waals surface area contributed by atoms with Gasteiger partial charge in [0.15, 0.2) is 0 Å². The van der Waals surface area contributed by atoms with Gasteiger partial charge >= 0.3 is 6.16 Å². The first-order chi connectivity index (χ1) is 20.5. The zero-order chi connectivity index (χ0) is 29.1. The highest BCUT2D eigenvalue weighted by atomic mass is 16.7. The summed E-state index contributed by atoms with van der Waals surface area (Å²) in [6, 6.07) is 28.6. The normalized spacial score (nSPS) is 13.4. The van der Waals surface area contributed by atoms with Crippen molar-refractivity contribution < 1.29 is 24.3 Å². The van der Waals surface area contributed by atoms with Gasteiger partial charge in [-0.25, -0.2) is 4.79 Å². The fourth-order valence-corrected chi connectivity index (χ4v) is 5.96. The lowest BCUT2D eigenvalue weighted by Gasteiger charge is -2.22. The molecule has 6 rings (SSSR count). The molecule has 42 heavy (non-hydrogen) atoms. The van der Waals surface area contributed by atoms with Gasteiger partial charge in [-0.3, -0.25) is 10.1 Å². The second-order valence-electron chi connectivity index (χ2n) is 10.4. The molecule has 1 aliphatic carbocycles. The third-order valence-corrected chi connectivity index (χ3v) is 7.85. The van der Waals surface area contributed by atoms with Gasteiger partial charge < -0.3 is 19.1 Å². The molecule has 1 heterocycles. The minimum atomic E-state index is -1.36.